The van der Waals surface area contributed by atoms with Crippen molar-refractivity contribution in [2.75, 3.05) is 39.3 Å². The molecule has 0 saturated heterocycles. The molecular formula is C6H18GdN4. The maximum absolute atomic E-state index is 5.27. The van der Waals surface area contributed by atoms with Crippen molar-refractivity contribution in [2.24, 2.45) is 11.5 Å². The van der Waals surface area contributed by atoms with Crippen LogP contribution in [-0.2, 0) is 0 Å². The Morgan fingerprint density at radius 3 is 1.36 bits per heavy atom. The van der Waals surface area contributed by atoms with E-state index in [1.54, 1.807) is 0 Å². The van der Waals surface area contributed by atoms with Gasteiger partial charge in [0, 0.05) is 79.2 Å². The molecule has 0 saturated carbocycles. The van der Waals surface area contributed by atoms with Crippen LogP contribution in [0.5, 0.6) is 0 Å². The normalized spacial score (nSPS) is 9.27. The minimum Gasteiger partial charge on any atom is -0.329 e. The average molecular weight is 303 g/mol. The summed E-state index contributed by atoms with van der Waals surface area (Å²) in [6, 6.07) is 0. The predicted octanol–water partition coefficient (Wildman–Crippen LogP) is -1.92. The van der Waals surface area contributed by atoms with Crippen LogP contribution in [-0.4, -0.2) is 39.3 Å². The van der Waals surface area contributed by atoms with Crippen LogP contribution in [0.25, 0.3) is 0 Å². The molecule has 0 bridgehead atoms. The summed E-state index contributed by atoms with van der Waals surface area (Å²) in [6.07, 6.45) is 0. The molecule has 0 unspecified atom stereocenters. The van der Waals surface area contributed by atoms with Gasteiger partial charge < -0.3 is 22.1 Å². The topological polar surface area (TPSA) is 76.1 Å². The zero-order valence-electron chi connectivity index (χ0n) is 6.75. The Hall–Kier alpha value is 1.16. The van der Waals surface area contributed by atoms with Gasteiger partial charge in [0.25, 0.3) is 0 Å². The Bertz CT molecular complexity index is 54.5. The van der Waals surface area contributed by atoms with Crippen LogP contribution >= 0.6 is 0 Å². The van der Waals surface area contributed by atoms with E-state index in [2.05, 4.69) is 10.6 Å². The molecule has 0 spiro atoms. The average Bonchev–Trinajstić information content (AvgIpc) is 1.97. The van der Waals surface area contributed by atoms with Crippen molar-refractivity contribution in [3.05, 3.63) is 0 Å². The van der Waals surface area contributed by atoms with Gasteiger partial charge in [-0.3, -0.25) is 0 Å². The van der Waals surface area contributed by atoms with Crippen LogP contribution in [0, 0.1) is 39.9 Å². The van der Waals surface area contributed by atoms with E-state index in [0.717, 1.165) is 26.2 Å². The fourth-order valence-corrected chi connectivity index (χ4v) is 0.631. The van der Waals surface area contributed by atoms with Gasteiger partial charge in [-0.15, -0.1) is 0 Å². The molecule has 0 fully saturated rings. The Kier molecular flexibility index (Phi) is 18.3. The molecule has 0 aliphatic rings. The molecule has 0 radical (unpaired) electrons. The SMILES string of the molecule is NCCNCCNCCN.[Gd]. The quantitative estimate of drug-likeness (QED) is 0.414. The molecular weight excluding hydrogens is 285 g/mol. The largest absolute Gasteiger partial charge is 0.329 e. The van der Waals surface area contributed by atoms with Crippen LogP contribution in [0.2, 0.25) is 0 Å². The molecule has 0 aromatic heterocycles. The molecule has 0 aliphatic carbocycles. The number of nitrogens with one attached hydrogen (secondary N) is 2. The number of hydrogen-bond acceptors (Lipinski definition) is 4. The zero-order valence-corrected chi connectivity index (χ0v) is 9.02. The van der Waals surface area contributed by atoms with Gasteiger partial charge in [-0.05, 0) is 0 Å². The van der Waals surface area contributed by atoms with E-state index >= 15 is 0 Å². The monoisotopic (exact) mass is 304 g/mol. The van der Waals surface area contributed by atoms with Gasteiger partial charge in [-0.2, -0.15) is 0 Å². The van der Waals surface area contributed by atoms with Crippen LogP contribution in [0.15, 0.2) is 0 Å². The van der Waals surface area contributed by atoms with E-state index < -0.39 is 0 Å². The molecule has 0 aliphatic heterocycles. The summed E-state index contributed by atoms with van der Waals surface area (Å²) in [4.78, 5) is 0. The van der Waals surface area contributed by atoms with E-state index in [9.17, 15) is 0 Å². The molecule has 70 valence electrons. The second-order valence-electron chi connectivity index (χ2n) is 2.08. The van der Waals surface area contributed by atoms with E-state index in [1.807, 2.05) is 0 Å². The molecule has 0 aromatic rings. The van der Waals surface area contributed by atoms with Crippen molar-refractivity contribution in [1.29, 1.82) is 0 Å². The molecule has 0 amide bonds. The maximum Gasteiger partial charge on any atom is 0.00772 e. The summed E-state index contributed by atoms with van der Waals surface area (Å²) in [5.74, 6) is 0. The minimum atomic E-state index is 0. The molecule has 0 rings (SSSR count). The van der Waals surface area contributed by atoms with Crippen molar-refractivity contribution in [1.82, 2.24) is 10.6 Å². The third-order valence-corrected chi connectivity index (χ3v) is 1.12. The van der Waals surface area contributed by atoms with Crippen LogP contribution in [0.3, 0.4) is 0 Å². The van der Waals surface area contributed by atoms with Gasteiger partial charge in [-0.25, -0.2) is 0 Å². The Labute approximate surface area is 101 Å². The van der Waals surface area contributed by atoms with Crippen molar-refractivity contribution >= 4 is 0 Å². The molecule has 0 atom stereocenters. The van der Waals surface area contributed by atoms with Gasteiger partial charge in [0.2, 0.25) is 0 Å². The van der Waals surface area contributed by atoms with Crippen molar-refractivity contribution in [3.63, 3.8) is 0 Å². The summed E-state index contributed by atoms with van der Waals surface area (Å²) >= 11 is 0. The van der Waals surface area contributed by atoms with E-state index in [-0.39, 0.29) is 39.9 Å². The smallest absolute Gasteiger partial charge is 0.00772 e. The third kappa shape index (κ3) is 14.1. The van der Waals surface area contributed by atoms with Gasteiger partial charge in [0.1, 0.15) is 0 Å². The van der Waals surface area contributed by atoms with E-state index in [0.29, 0.717) is 13.1 Å². The first kappa shape index (κ1) is 14.7. The van der Waals surface area contributed by atoms with Crippen LogP contribution < -0.4 is 22.1 Å². The predicted molar refractivity (Wildman–Crippen MR) is 43.8 cm³/mol. The molecule has 4 nitrogen and oxygen atoms in total. The van der Waals surface area contributed by atoms with Gasteiger partial charge in [0.05, 0.1) is 0 Å². The summed E-state index contributed by atoms with van der Waals surface area (Å²) in [5, 5.41) is 6.33. The molecule has 0 aromatic carbocycles. The first-order valence-electron chi connectivity index (χ1n) is 3.73. The molecule has 0 heterocycles. The Morgan fingerprint density at radius 1 is 0.727 bits per heavy atom. The van der Waals surface area contributed by atoms with Gasteiger partial charge in [0.15, 0.2) is 0 Å². The van der Waals surface area contributed by atoms with Crippen molar-refractivity contribution in [3.8, 4) is 0 Å². The number of rotatable bonds is 7. The molecule has 5 heteroatoms. The molecule has 6 N–H and O–H groups in total. The summed E-state index contributed by atoms with van der Waals surface area (Å²) in [5.41, 5.74) is 10.5. The Morgan fingerprint density at radius 2 is 1.09 bits per heavy atom. The zero-order chi connectivity index (χ0) is 7.66. The number of nitrogens with two attached hydrogens (primary N) is 2. The van der Waals surface area contributed by atoms with E-state index in [4.69, 9.17) is 11.5 Å². The first-order chi connectivity index (χ1) is 4.91. The summed E-state index contributed by atoms with van der Waals surface area (Å²) < 4.78 is 0. The summed E-state index contributed by atoms with van der Waals surface area (Å²) in [6.45, 7) is 5.14. The van der Waals surface area contributed by atoms with Gasteiger partial charge in [-0.1, -0.05) is 0 Å². The standard InChI is InChI=1S/C6H18N4.Gd/c7-1-3-9-5-6-10-4-2-8;/h9-10H,1-8H2;. The van der Waals surface area contributed by atoms with Crippen molar-refractivity contribution < 1.29 is 39.9 Å². The van der Waals surface area contributed by atoms with Crippen LogP contribution in [0.1, 0.15) is 0 Å². The first-order valence-corrected chi connectivity index (χ1v) is 3.73. The van der Waals surface area contributed by atoms with E-state index in [1.165, 1.54) is 0 Å². The minimum absolute atomic E-state index is 0. The second-order valence-corrected chi connectivity index (χ2v) is 2.08. The fraction of sp³-hybridized carbons (Fsp3) is 1.00. The summed E-state index contributed by atoms with van der Waals surface area (Å²) in [7, 11) is 0. The number of hydrogen-bond donors (Lipinski definition) is 4. The maximum atomic E-state index is 5.27. The Balaban J connectivity index is 0. The van der Waals surface area contributed by atoms with Crippen LogP contribution in [0.4, 0.5) is 0 Å². The molecule has 11 heavy (non-hydrogen) atoms. The van der Waals surface area contributed by atoms with Gasteiger partial charge >= 0.3 is 0 Å². The second kappa shape index (κ2) is 13.7. The third-order valence-electron chi connectivity index (χ3n) is 1.12. The van der Waals surface area contributed by atoms with Crippen molar-refractivity contribution in [2.45, 2.75) is 0 Å². The fourth-order valence-electron chi connectivity index (χ4n) is 0.631.